The number of benzene rings is 2. The second-order valence-corrected chi connectivity index (χ2v) is 5.69. The number of aromatic hydroxyl groups is 1. The van der Waals surface area contributed by atoms with E-state index in [2.05, 4.69) is 16.7 Å². The number of likely N-dealkylation sites (tertiary alicyclic amines) is 1. The zero-order valence-corrected chi connectivity index (χ0v) is 12.7. The van der Waals surface area contributed by atoms with Crippen LogP contribution in [0.5, 0.6) is 5.75 Å². The first-order valence-electron chi connectivity index (χ1n) is 7.93. The van der Waals surface area contributed by atoms with E-state index in [1.165, 1.54) is 19.3 Å². The second kappa shape index (κ2) is 7.15. The lowest BCUT2D eigenvalue weighted by molar-refractivity contribution is 0.195. The van der Waals surface area contributed by atoms with Crippen molar-refractivity contribution in [1.29, 1.82) is 0 Å². The molecule has 1 aliphatic rings. The van der Waals surface area contributed by atoms with Crippen LogP contribution < -0.4 is 0 Å². The van der Waals surface area contributed by atoms with Crippen molar-refractivity contribution >= 4 is 0 Å². The number of hydrogen-bond acceptors (Lipinski definition) is 2. The van der Waals surface area contributed by atoms with Gasteiger partial charge in [-0.1, -0.05) is 54.7 Å². The topological polar surface area (TPSA) is 23.5 Å². The average molecular weight is 291 g/mol. The first-order valence-corrected chi connectivity index (χ1v) is 7.93. The van der Waals surface area contributed by atoms with E-state index in [0.717, 1.165) is 24.2 Å². The lowest BCUT2D eigenvalue weighted by Crippen LogP contribution is -2.33. The highest BCUT2D eigenvalue weighted by atomic mass is 16.3. The zero-order chi connectivity index (χ0) is 15.2. The monoisotopic (exact) mass is 291 g/mol. The average Bonchev–Trinajstić information content (AvgIpc) is 2.58. The van der Waals surface area contributed by atoms with Crippen LogP contribution in [0.4, 0.5) is 0 Å². The molecule has 0 spiro atoms. The van der Waals surface area contributed by atoms with Gasteiger partial charge in [0.2, 0.25) is 0 Å². The van der Waals surface area contributed by atoms with Gasteiger partial charge >= 0.3 is 0 Å². The van der Waals surface area contributed by atoms with E-state index in [9.17, 15) is 5.11 Å². The van der Waals surface area contributed by atoms with E-state index in [1.54, 1.807) is 6.07 Å². The summed E-state index contributed by atoms with van der Waals surface area (Å²) in [5.41, 5.74) is 1.92. The van der Waals surface area contributed by atoms with Crippen molar-refractivity contribution in [1.82, 2.24) is 4.90 Å². The molecular formula is C20H21NO. The van der Waals surface area contributed by atoms with E-state index in [4.69, 9.17) is 0 Å². The SMILES string of the molecule is Oc1ccccc1C(C#Cc1ccccc1)N1CCCCC1. The Balaban J connectivity index is 1.93. The van der Waals surface area contributed by atoms with Crippen LogP contribution in [0.15, 0.2) is 54.6 Å². The summed E-state index contributed by atoms with van der Waals surface area (Å²) in [6.45, 7) is 2.09. The molecule has 112 valence electrons. The van der Waals surface area contributed by atoms with E-state index in [-0.39, 0.29) is 6.04 Å². The molecule has 2 heteroatoms. The van der Waals surface area contributed by atoms with Gasteiger partial charge in [-0.25, -0.2) is 0 Å². The van der Waals surface area contributed by atoms with Crippen molar-refractivity contribution in [2.75, 3.05) is 13.1 Å². The molecular weight excluding hydrogens is 270 g/mol. The number of rotatable bonds is 2. The van der Waals surface area contributed by atoms with E-state index < -0.39 is 0 Å². The van der Waals surface area contributed by atoms with Crippen molar-refractivity contribution in [3.63, 3.8) is 0 Å². The van der Waals surface area contributed by atoms with Crippen LogP contribution in [0.3, 0.4) is 0 Å². The molecule has 0 aromatic heterocycles. The first-order chi connectivity index (χ1) is 10.8. The summed E-state index contributed by atoms with van der Waals surface area (Å²) in [4.78, 5) is 2.38. The van der Waals surface area contributed by atoms with Crippen LogP contribution in [0.2, 0.25) is 0 Å². The fourth-order valence-electron chi connectivity index (χ4n) is 2.93. The van der Waals surface area contributed by atoms with E-state index >= 15 is 0 Å². The van der Waals surface area contributed by atoms with Crippen LogP contribution in [-0.4, -0.2) is 23.1 Å². The van der Waals surface area contributed by atoms with Crippen molar-refractivity contribution < 1.29 is 5.11 Å². The minimum atomic E-state index is -0.0401. The molecule has 22 heavy (non-hydrogen) atoms. The standard InChI is InChI=1S/C20H21NO/c22-20-12-6-5-11-18(20)19(21-15-7-2-8-16-21)14-13-17-9-3-1-4-10-17/h1,3-6,9-12,19,22H,2,7-8,15-16H2. The number of hydrogen-bond donors (Lipinski definition) is 1. The summed E-state index contributed by atoms with van der Waals surface area (Å²) >= 11 is 0. The first kappa shape index (κ1) is 14.7. The Morgan fingerprint density at radius 2 is 1.55 bits per heavy atom. The number of nitrogens with zero attached hydrogens (tertiary/aromatic N) is 1. The zero-order valence-electron chi connectivity index (χ0n) is 12.7. The van der Waals surface area contributed by atoms with Gasteiger partial charge in [-0.05, 0) is 44.1 Å². The van der Waals surface area contributed by atoms with Gasteiger partial charge in [0, 0.05) is 11.1 Å². The lowest BCUT2D eigenvalue weighted by atomic mass is 10.0. The van der Waals surface area contributed by atoms with Crippen molar-refractivity contribution in [3.05, 3.63) is 65.7 Å². The number of piperidine rings is 1. The van der Waals surface area contributed by atoms with E-state index in [0.29, 0.717) is 5.75 Å². The normalized spacial score (nSPS) is 16.5. The molecule has 1 fully saturated rings. The van der Waals surface area contributed by atoms with Crippen LogP contribution in [-0.2, 0) is 0 Å². The second-order valence-electron chi connectivity index (χ2n) is 5.69. The smallest absolute Gasteiger partial charge is 0.121 e. The van der Waals surface area contributed by atoms with Crippen LogP contribution in [0.25, 0.3) is 0 Å². The Hall–Kier alpha value is -2.24. The maximum Gasteiger partial charge on any atom is 0.121 e. The summed E-state index contributed by atoms with van der Waals surface area (Å²) < 4.78 is 0. The molecule has 0 amide bonds. The third kappa shape index (κ3) is 3.50. The molecule has 2 nitrogen and oxygen atoms in total. The molecule has 1 unspecified atom stereocenters. The van der Waals surface area contributed by atoms with Gasteiger partial charge in [0.05, 0.1) is 0 Å². The van der Waals surface area contributed by atoms with Crippen LogP contribution >= 0.6 is 0 Å². The van der Waals surface area contributed by atoms with Gasteiger partial charge in [0.15, 0.2) is 0 Å². The Morgan fingerprint density at radius 1 is 0.864 bits per heavy atom. The Kier molecular flexibility index (Phi) is 4.78. The summed E-state index contributed by atoms with van der Waals surface area (Å²) in [5, 5.41) is 10.2. The molecule has 1 aliphatic heterocycles. The molecule has 3 rings (SSSR count). The minimum absolute atomic E-state index is 0.0401. The van der Waals surface area contributed by atoms with Gasteiger partial charge in [-0.3, -0.25) is 4.90 Å². The fourth-order valence-corrected chi connectivity index (χ4v) is 2.93. The molecule has 0 aliphatic carbocycles. The molecule has 2 aromatic rings. The predicted octanol–water partition coefficient (Wildman–Crippen LogP) is 3.97. The maximum atomic E-state index is 10.2. The molecule has 0 bridgehead atoms. The number of para-hydroxylation sites is 1. The molecule has 1 saturated heterocycles. The fraction of sp³-hybridized carbons (Fsp3) is 0.300. The lowest BCUT2D eigenvalue weighted by Gasteiger charge is -2.32. The quantitative estimate of drug-likeness (QED) is 0.846. The maximum absolute atomic E-state index is 10.2. The van der Waals surface area contributed by atoms with Gasteiger partial charge < -0.3 is 5.11 Å². The van der Waals surface area contributed by atoms with Crippen molar-refractivity contribution in [2.24, 2.45) is 0 Å². The largest absolute Gasteiger partial charge is 0.508 e. The third-order valence-electron chi connectivity index (χ3n) is 4.11. The molecule has 0 radical (unpaired) electrons. The number of phenolic OH excluding ortho intramolecular Hbond substituents is 1. The summed E-state index contributed by atoms with van der Waals surface area (Å²) in [5.74, 6) is 6.98. The molecule has 1 atom stereocenters. The van der Waals surface area contributed by atoms with Gasteiger partial charge in [-0.15, -0.1) is 0 Å². The van der Waals surface area contributed by atoms with Crippen LogP contribution in [0, 0.1) is 11.8 Å². The van der Waals surface area contributed by atoms with Gasteiger partial charge in [-0.2, -0.15) is 0 Å². The minimum Gasteiger partial charge on any atom is -0.508 e. The summed E-state index contributed by atoms with van der Waals surface area (Å²) in [6, 6.07) is 17.5. The Bertz CT molecular complexity index is 663. The molecule has 1 N–H and O–H groups in total. The Labute approximate surface area is 132 Å². The third-order valence-corrected chi connectivity index (χ3v) is 4.11. The number of phenols is 1. The highest BCUT2D eigenvalue weighted by Crippen LogP contribution is 2.30. The highest BCUT2D eigenvalue weighted by Gasteiger charge is 2.22. The van der Waals surface area contributed by atoms with Crippen molar-refractivity contribution in [3.8, 4) is 17.6 Å². The summed E-state index contributed by atoms with van der Waals surface area (Å²) in [6.07, 6.45) is 3.70. The Morgan fingerprint density at radius 3 is 2.27 bits per heavy atom. The molecule has 2 aromatic carbocycles. The van der Waals surface area contributed by atoms with Gasteiger partial charge in [0.25, 0.3) is 0 Å². The van der Waals surface area contributed by atoms with Crippen LogP contribution in [0.1, 0.15) is 36.4 Å². The highest BCUT2D eigenvalue weighted by molar-refractivity contribution is 5.42. The van der Waals surface area contributed by atoms with Crippen molar-refractivity contribution in [2.45, 2.75) is 25.3 Å². The summed E-state index contributed by atoms with van der Waals surface area (Å²) in [7, 11) is 0. The predicted molar refractivity (Wildman–Crippen MR) is 89.6 cm³/mol. The molecule has 1 heterocycles. The van der Waals surface area contributed by atoms with E-state index in [1.807, 2.05) is 48.5 Å². The van der Waals surface area contributed by atoms with Gasteiger partial charge in [0.1, 0.15) is 11.8 Å². The molecule has 0 saturated carbocycles.